The van der Waals surface area contributed by atoms with Crippen molar-refractivity contribution in [2.45, 2.75) is 82.8 Å². The van der Waals surface area contributed by atoms with E-state index in [-0.39, 0.29) is 29.8 Å². The molecule has 0 radical (unpaired) electrons. The molecule has 8 heteroatoms. The maximum Gasteiger partial charge on any atom is 0.339 e. The Morgan fingerprint density at radius 3 is 2.27 bits per heavy atom. The van der Waals surface area contributed by atoms with Gasteiger partial charge in [-0.3, -0.25) is 4.79 Å². The zero-order chi connectivity index (χ0) is 23.1. The first kappa shape index (κ1) is 22.8. The molecule has 3 saturated heterocycles. The predicted molar refractivity (Wildman–Crippen MR) is 121 cm³/mol. The normalized spacial score (nSPS) is 30.6. The number of piperidine rings is 3. The molecule has 5 fully saturated rings. The molecule has 2 saturated carbocycles. The summed E-state index contributed by atoms with van der Waals surface area (Å²) in [4.78, 5) is 26.3. The Bertz CT molecular complexity index is 847. The molecular weight excluding hydrogens is 422 g/mol. The zero-order valence-corrected chi connectivity index (χ0v) is 19.8. The van der Waals surface area contributed by atoms with Crippen LogP contribution in [0.4, 0.5) is 5.82 Å². The fourth-order valence-corrected chi connectivity index (χ4v) is 7.12. The number of nitrogens with one attached hydrogen (secondary N) is 1. The number of aryl methyl sites for hydroxylation is 1. The number of esters is 1. The molecule has 182 valence electrons. The van der Waals surface area contributed by atoms with Crippen LogP contribution in [0.25, 0.3) is 0 Å². The Morgan fingerprint density at radius 1 is 1.12 bits per heavy atom. The van der Waals surface area contributed by atoms with Crippen LogP contribution in [-0.2, 0) is 14.3 Å². The van der Waals surface area contributed by atoms with E-state index in [1.165, 1.54) is 0 Å². The van der Waals surface area contributed by atoms with Gasteiger partial charge >= 0.3 is 5.97 Å². The van der Waals surface area contributed by atoms with Crippen LogP contribution in [0.1, 0.15) is 70.0 Å². The van der Waals surface area contributed by atoms with Crippen LogP contribution in [0.2, 0.25) is 0 Å². The van der Waals surface area contributed by atoms with Crippen molar-refractivity contribution < 1.29 is 28.4 Å². The SMILES string of the molecule is Cc1cc(NC(=O)C[N+]23CCC(CC2)[C@@H](OC(=O)C(O)(C2CCCC2)C2CCCC2)C3)no1. The van der Waals surface area contributed by atoms with Crippen LogP contribution < -0.4 is 5.32 Å². The lowest BCUT2D eigenvalue weighted by Crippen LogP contribution is -2.67. The number of rotatable bonds is 7. The second-order valence-electron chi connectivity index (χ2n) is 11.1. The third kappa shape index (κ3) is 4.44. The maximum absolute atomic E-state index is 13.6. The molecule has 5 aliphatic rings. The number of nitrogens with zero attached hydrogens (tertiary/aromatic N) is 2. The summed E-state index contributed by atoms with van der Waals surface area (Å²) in [5, 5.41) is 18.5. The minimum Gasteiger partial charge on any atom is -0.454 e. The minimum atomic E-state index is -1.34. The van der Waals surface area contributed by atoms with Gasteiger partial charge in [-0.2, -0.15) is 0 Å². The molecule has 1 atom stereocenters. The molecule has 2 aliphatic carbocycles. The van der Waals surface area contributed by atoms with Crippen molar-refractivity contribution in [2.24, 2.45) is 17.8 Å². The van der Waals surface area contributed by atoms with Crippen molar-refractivity contribution in [1.29, 1.82) is 0 Å². The number of hydrogen-bond acceptors (Lipinski definition) is 6. The van der Waals surface area contributed by atoms with E-state index in [9.17, 15) is 14.7 Å². The Balaban J connectivity index is 1.26. The van der Waals surface area contributed by atoms with Gasteiger partial charge in [0, 0.05) is 24.8 Å². The topological polar surface area (TPSA) is 102 Å². The summed E-state index contributed by atoms with van der Waals surface area (Å²) in [5.41, 5.74) is -1.34. The maximum atomic E-state index is 13.6. The highest BCUT2D eigenvalue weighted by molar-refractivity contribution is 5.90. The van der Waals surface area contributed by atoms with E-state index < -0.39 is 5.60 Å². The van der Waals surface area contributed by atoms with E-state index in [0.29, 0.717) is 35.1 Å². The van der Waals surface area contributed by atoms with Crippen LogP contribution in [-0.4, -0.2) is 64.5 Å². The van der Waals surface area contributed by atoms with Gasteiger partial charge in [0.25, 0.3) is 5.91 Å². The average Bonchev–Trinajstić information content (AvgIpc) is 3.57. The van der Waals surface area contributed by atoms with Gasteiger partial charge in [-0.1, -0.05) is 30.8 Å². The molecule has 1 aromatic rings. The Morgan fingerprint density at radius 2 is 1.73 bits per heavy atom. The first-order valence-corrected chi connectivity index (χ1v) is 12.9. The quantitative estimate of drug-likeness (QED) is 0.479. The zero-order valence-electron chi connectivity index (χ0n) is 19.8. The van der Waals surface area contributed by atoms with Crippen molar-refractivity contribution in [1.82, 2.24) is 5.16 Å². The molecule has 4 heterocycles. The Hall–Kier alpha value is -1.93. The molecule has 2 bridgehead atoms. The molecule has 0 aromatic carbocycles. The number of aromatic nitrogens is 1. The Kier molecular flexibility index (Phi) is 6.25. The summed E-state index contributed by atoms with van der Waals surface area (Å²) in [6, 6.07) is 1.71. The average molecular weight is 461 g/mol. The highest BCUT2D eigenvalue weighted by Crippen LogP contribution is 2.46. The molecule has 33 heavy (non-hydrogen) atoms. The molecule has 1 aromatic heterocycles. The lowest BCUT2D eigenvalue weighted by Gasteiger charge is -2.52. The first-order chi connectivity index (χ1) is 15.9. The number of carbonyl (C=O) groups is 2. The summed E-state index contributed by atoms with van der Waals surface area (Å²) >= 11 is 0. The number of hydrogen-bond donors (Lipinski definition) is 2. The molecule has 8 nitrogen and oxygen atoms in total. The van der Waals surface area contributed by atoms with Crippen LogP contribution in [0.15, 0.2) is 10.6 Å². The standard InChI is InChI=1S/C25H37N3O5/c1-17-14-22(27-33-17)26-23(29)16-28-12-10-18(11-13-28)21(15-28)32-24(30)25(31,19-6-2-3-7-19)20-8-4-5-9-20/h14,18-21,31H,2-13,15-16H2,1H3/p+1/t18?,21-,28?/m0/s1. The summed E-state index contributed by atoms with van der Waals surface area (Å²) in [7, 11) is 0. The van der Waals surface area contributed by atoms with Crippen molar-refractivity contribution in [3.63, 3.8) is 0 Å². The molecular formula is C25H38N3O5+. The first-order valence-electron chi connectivity index (χ1n) is 12.9. The fraction of sp³-hybridized carbons (Fsp3) is 0.800. The third-order valence-corrected chi connectivity index (χ3v) is 8.96. The number of amides is 1. The number of aliphatic hydroxyl groups is 1. The van der Waals surface area contributed by atoms with Crippen LogP contribution in [0.5, 0.6) is 0 Å². The lowest BCUT2D eigenvalue weighted by molar-refractivity contribution is -0.939. The summed E-state index contributed by atoms with van der Waals surface area (Å²) in [6.45, 7) is 4.60. The monoisotopic (exact) mass is 460 g/mol. The van der Waals surface area contributed by atoms with Gasteiger partial charge in [-0.15, -0.1) is 0 Å². The van der Waals surface area contributed by atoms with Crippen molar-refractivity contribution in [2.75, 3.05) is 31.5 Å². The van der Waals surface area contributed by atoms with Gasteiger partial charge in [0.05, 0.1) is 13.1 Å². The summed E-state index contributed by atoms with van der Waals surface area (Å²) in [6.07, 6.45) is 9.65. The van der Waals surface area contributed by atoms with E-state index in [1.807, 2.05) is 0 Å². The predicted octanol–water partition coefficient (Wildman–Crippen LogP) is 3.19. The number of quaternary nitrogens is 1. The van der Waals surface area contributed by atoms with Crippen molar-refractivity contribution in [3.8, 4) is 0 Å². The van der Waals surface area contributed by atoms with E-state index in [0.717, 1.165) is 77.3 Å². The number of ether oxygens (including phenoxy) is 1. The molecule has 0 spiro atoms. The number of carbonyl (C=O) groups excluding carboxylic acids is 2. The van der Waals surface area contributed by atoms with Gasteiger partial charge in [0.1, 0.15) is 12.3 Å². The Labute approximate surface area is 195 Å². The fourth-order valence-electron chi connectivity index (χ4n) is 7.12. The molecule has 6 rings (SSSR count). The molecule has 3 aliphatic heterocycles. The lowest BCUT2D eigenvalue weighted by atomic mass is 9.74. The molecule has 2 N–H and O–H groups in total. The summed E-state index contributed by atoms with van der Waals surface area (Å²) < 4.78 is 11.8. The van der Waals surface area contributed by atoms with Gasteiger partial charge in [0.15, 0.2) is 24.1 Å². The van der Waals surface area contributed by atoms with Crippen LogP contribution in [0.3, 0.4) is 0 Å². The van der Waals surface area contributed by atoms with Crippen molar-refractivity contribution >= 4 is 17.7 Å². The highest BCUT2D eigenvalue weighted by Gasteiger charge is 2.55. The molecule has 0 unspecified atom stereocenters. The minimum absolute atomic E-state index is 0.0222. The largest absolute Gasteiger partial charge is 0.454 e. The number of fused-ring (bicyclic) bond motifs is 3. The van der Waals surface area contributed by atoms with Gasteiger partial charge in [0.2, 0.25) is 0 Å². The third-order valence-electron chi connectivity index (χ3n) is 8.96. The van der Waals surface area contributed by atoms with E-state index >= 15 is 0 Å². The molecule has 1 amide bonds. The van der Waals surface area contributed by atoms with Crippen LogP contribution in [0, 0.1) is 24.7 Å². The van der Waals surface area contributed by atoms with Gasteiger partial charge in [-0.05, 0) is 44.4 Å². The van der Waals surface area contributed by atoms with Gasteiger partial charge < -0.3 is 24.2 Å². The van der Waals surface area contributed by atoms with Crippen LogP contribution >= 0.6 is 0 Å². The van der Waals surface area contributed by atoms with Crippen molar-refractivity contribution in [3.05, 3.63) is 11.8 Å². The highest BCUT2D eigenvalue weighted by atomic mass is 16.6. The van der Waals surface area contributed by atoms with E-state index in [2.05, 4.69) is 10.5 Å². The second kappa shape index (κ2) is 9.02. The van der Waals surface area contributed by atoms with Gasteiger partial charge in [-0.25, -0.2) is 4.79 Å². The smallest absolute Gasteiger partial charge is 0.339 e. The van der Waals surface area contributed by atoms with E-state index in [4.69, 9.17) is 9.26 Å². The second-order valence-corrected chi connectivity index (χ2v) is 11.1. The summed E-state index contributed by atoms with van der Waals surface area (Å²) in [5.74, 6) is 0.974. The number of anilines is 1. The van der Waals surface area contributed by atoms with E-state index in [1.54, 1.807) is 13.0 Å².